The topological polar surface area (TPSA) is 64.5 Å². The molecule has 0 amide bonds. The van der Waals surface area contributed by atoms with Crippen LogP contribution in [0.15, 0.2) is 36.4 Å². The number of hydrogen-bond donors (Lipinski definition) is 4. The summed E-state index contributed by atoms with van der Waals surface area (Å²) in [7, 11) is 0. The Labute approximate surface area is 208 Å². The predicted molar refractivity (Wildman–Crippen MR) is 130 cm³/mol. The third-order valence-corrected chi connectivity index (χ3v) is 9.75. The molecule has 2 saturated heterocycles. The largest absolute Gasteiger partial charge is 0.396 e. The predicted octanol–water partition coefficient (Wildman–Crippen LogP) is 4.15. The van der Waals surface area contributed by atoms with E-state index in [-0.39, 0.29) is 24.0 Å². The van der Waals surface area contributed by atoms with Crippen molar-refractivity contribution in [2.24, 2.45) is 23.7 Å². The molecule has 4 nitrogen and oxygen atoms in total. The molecule has 2 saturated carbocycles. The van der Waals surface area contributed by atoms with Crippen molar-refractivity contribution in [3.63, 3.8) is 0 Å². The summed E-state index contributed by atoms with van der Waals surface area (Å²) in [4.78, 5) is 0. The van der Waals surface area contributed by atoms with Gasteiger partial charge in [0.25, 0.3) is 0 Å². The summed E-state index contributed by atoms with van der Waals surface area (Å²) < 4.78 is 0. The van der Waals surface area contributed by atoms with Crippen molar-refractivity contribution in [1.29, 1.82) is 0 Å². The average Bonchev–Trinajstić information content (AvgIpc) is 3.41. The SMILES string of the molecule is OC[C@@H]1[C@@H]2CNC[C@]12c1ccc(Cl)c(Cl)c1.OC[C@H]1[C@@H]2CNC[C@]12c1ccc(Cl)c(Cl)c1. The van der Waals surface area contributed by atoms with E-state index < -0.39 is 0 Å². The molecule has 6 rings (SSSR count). The maximum atomic E-state index is 9.38. The van der Waals surface area contributed by atoms with Gasteiger partial charge in [-0.15, -0.1) is 0 Å². The number of fused-ring (bicyclic) bond motifs is 2. The molecular formula is C24H26Cl4N2O2. The minimum Gasteiger partial charge on any atom is -0.396 e. The molecule has 0 radical (unpaired) electrons. The maximum absolute atomic E-state index is 9.38. The molecule has 2 aliphatic heterocycles. The molecule has 2 aromatic carbocycles. The fourth-order valence-electron chi connectivity index (χ4n) is 6.46. The molecule has 2 aliphatic carbocycles. The summed E-state index contributed by atoms with van der Waals surface area (Å²) in [5, 5.41) is 27.9. The van der Waals surface area contributed by atoms with Crippen molar-refractivity contribution < 1.29 is 10.2 Å². The first-order valence-corrected chi connectivity index (χ1v) is 12.5. The number of piperidine rings is 2. The molecular weight excluding hydrogens is 490 g/mol. The summed E-state index contributed by atoms with van der Waals surface area (Å²) in [5.74, 6) is 1.86. The number of halogens is 4. The standard InChI is InChI=1S/2C12H13Cl2NO/c2*13-10-2-1-7(3-11(10)14)12-6-15-4-8(12)9(12)5-16/h2*1-3,8-9,15-16H,4-6H2/t8-,9+,12+;8-,9-,12+/m00/s1. The lowest BCUT2D eigenvalue weighted by molar-refractivity contribution is 0.253. The van der Waals surface area contributed by atoms with Crippen LogP contribution in [-0.2, 0) is 10.8 Å². The number of aliphatic hydroxyl groups excluding tert-OH is 2. The van der Waals surface area contributed by atoms with Crippen LogP contribution in [-0.4, -0.2) is 49.6 Å². The van der Waals surface area contributed by atoms with Crippen molar-refractivity contribution in [2.75, 3.05) is 39.4 Å². The van der Waals surface area contributed by atoms with Crippen LogP contribution in [0, 0.1) is 23.7 Å². The van der Waals surface area contributed by atoms with Gasteiger partial charge < -0.3 is 20.8 Å². The lowest BCUT2D eigenvalue weighted by Crippen LogP contribution is -2.24. The first-order chi connectivity index (χ1) is 15.4. The van der Waals surface area contributed by atoms with Crippen molar-refractivity contribution in [1.82, 2.24) is 10.6 Å². The monoisotopic (exact) mass is 514 g/mol. The van der Waals surface area contributed by atoms with E-state index in [2.05, 4.69) is 10.6 Å². The lowest BCUT2D eigenvalue weighted by atomic mass is 9.93. The minimum absolute atomic E-state index is 0.100. The van der Waals surface area contributed by atoms with Gasteiger partial charge >= 0.3 is 0 Å². The Bertz CT molecular complexity index is 944. The molecule has 32 heavy (non-hydrogen) atoms. The summed E-state index contributed by atoms with van der Waals surface area (Å²) in [6, 6.07) is 11.6. The van der Waals surface area contributed by atoms with E-state index >= 15 is 0 Å². The second-order valence-electron chi connectivity index (χ2n) is 9.39. The maximum Gasteiger partial charge on any atom is 0.0595 e. The highest BCUT2D eigenvalue weighted by Gasteiger charge is 2.67. The summed E-state index contributed by atoms with van der Waals surface area (Å²) in [5.41, 5.74) is 2.61. The molecule has 6 atom stereocenters. The fraction of sp³-hybridized carbons (Fsp3) is 0.500. The van der Waals surface area contributed by atoms with Crippen molar-refractivity contribution >= 4 is 46.4 Å². The molecule has 2 aromatic rings. The Hall–Kier alpha value is -0.560. The van der Waals surface area contributed by atoms with Gasteiger partial charge in [0.2, 0.25) is 0 Å². The van der Waals surface area contributed by atoms with E-state index in [1.165, 1.54) is 11.1 Å². The zero-order valence-electron chi connectivity index (χ0n) is 17.4. The first kappa shape index (κ1) is 23.2. The van der Waals surface area contributed by atoms with Crippen LogP contribution >= 0.6 is 46.4 Å². The highest BCUT2D eigenvalue weighted by atomic mass is 35.5. The van der Waals surface area contributed by atoms with E-state index in [1.807, 2.05) is 36.4 Å². The van der Waals surface area contributed by atoms with Gasteiger partial charge in [0, 0.05) is 37.1 Å². The van der Waals surface area contributed by atoms with Gasteiger partial charge in [0.1, 0.15) is 0 Å². The van der Waals surface area contributed by atoms with Gasteiger partial charge in [-0.3, -0.25) is 0 Å². The zero-order chi connectivity index (χ0) is 22.7. The molecule has 4 fully saturated rings. The van der Waals surface area contributed by atoms with Crippen LogP contribution in [0.2, 0.25) is 20.1 Å². The normalized spacial score (nSPS) is 36.2. The summed E-state index contributed by atoms with van der Waals surface area (Å²) in [6.07, 6.45) is 0. The molecule has 4 N–H and O–H groups in total. The summed E-state index contributed by atoms with van der Waals surface area (Å²) in [6.45, 7) is 4.36. The van der Waals surface area contributed by atoms with E-state index in [0.717, 1.165) is 26.2 Å². The van der Waals surface area contributed by atoms with Gasteiger partial charge in [0.15, 0.2) is 0 Å². The highest BCUT2D eigenvalue weighted by molar-refractivity contribution is 6.42. The number of rotatable bonds is 4. The molecule has 0 aromatic heterocycles. The van der Waals surface area contributed by atoms with Crippen molar-refractivity contribution in [2.45, 2.75) is 10.8 Å². The van der Waals surface area contributed by atoms with Crippen LogP contribution in [0.3, 0.4) is 0 Å². The number of aliphatic hydroxyl groups is 2. The van der Waals surface area contributed by atoms with E-state index in [0.29, 0.717) is 43.8 Å². The number of nitrogens with one attached hydrogen (secondary N) is 2. The Balaban J connectivity index is 0.000000135. The van der Waals surface area contributed by atoms with Crippen LogP contribution in [0.25, 0.3) is 0 Å². The van der Waals surface area contributed by atoms with Crippen LogP contribution in [0.5, 0.6) is 0 Å². The molecule has 4 aliphatic rings. The van der Waals surface area contributed by atoms with E-state index in [9.17, 15) is 10.2 Å². The minimum atomic E-state index is 0.100. The van der Waals surface area contributed by atoms with Gasteiger partial charge in [-0.1, -0.05) is 58.5 Å². The number of benzene rings is 2. The van der Waals surface area contributed by atoms with Crippen LogP contribution in [0.4, 0.5) is 0 Å². The second-order valence-corrected chi connectivity index (χ2v) is 11.0. The van der Waals surface area contributed by atoms with Gasteiger partial charge in [-0.05, 0) is 72.2 Å². The van der Waals surface area contributed by atoms with Gasteiger partial charge in [-0.2, -0.15) is 0 Å². The Morgan fingerprint density at radius 3 is 1.41 bits per heavy atom. The average molecular weight is 516 g/mol. The van der Waals surface area contributed by atoms with E-state index in [1.54, 1.807) is 0 Å². The Morgan fingerprint density at radius 2 is 1.09 bits per heavy atom. The number of hydrogen-bond acceptors (Lipinski definition) is 4. The van der Waals surface area contributed by atoms with Crippen molar-refractivity contribution in [3.05, 3.63) is 67.6 Å². The Morgan fingerprint density at radius 1 is 0.688 bits per heavy atom. The quantitative estimate of drug-likeness (QED) is 0.494. The second kappa shape index (κ2) is 8.58. The Kier molecular flexibility index (Phi) is 6.22. The smallest absolute Gasteiger partial charge is 0.0595 e. The van der Waals surface area contributed by atoms with Crippen LogP contribution in [0.1, 0.15) is 11.1 Å². The molecule has 172 valence electrons. The molecule has 0 bridgehead atoms. The van der Waals surface area contributed by atoms with Gasteiger partial charge in [0.05, 0.1) is 20.1 Å². The van der Waals surface area contributed by atoms with Gasteiger partial charge in [-0.25, -0.2) is 0 Å². The fourth-order valence-corrected chi connectivity index (χ4v) is 7.06. The molecule has 0 unspecified atom stereocenters. The van der Waals surface area contributed by atoms with Crippen LogP contribution < -0.4 is 10.6 Å². The zero-order valence-corrected chi connectivity index (χ0v) is 20.4. The first-order valence-electron chi connectivity index (χ1n) is 10.9. The highest BCUT2D eigenvalue weighted by Crippen LogP contribution is 2.62. The lowest BCUT2D eigenvalue weighted by Gasteiger charge is -2.15. The van der Waals surface area contributed by atoms with E-state index in [4.69, 9.17) is 46.4 Å². The van der Waals surface area contributed by atoms with Crippen molar-refractivity contribution in [3.8, 4) is 0 Å². The molecule has 2 heterocycles. The molecule has 0 spiro atoms. The molecule has 8 heteroatoms. The third-order valence-electron chi connectivity index (χ3n) is 8.27. The summed E-state index contributed by atoms with van der Waals surface area (Å²) >= 11 is 23.9. The third kappa shape index (κ3) is 3.42.